The molecule has 0 unspecified atom stereocenters. The molecule has 29 heavy (non-hydrogen) atoms. The van der Waals surface area contributed by atoms with Gasteiger partial charge in [0.2, 0.25) is 0 Å². The van der Waals surface area contributed by atoms with E-state index in [9.17, 15) is 4.79 Å². The van der Waals surface area contributed by atoms with E-state index in [1.54, 1.807) is 34.2 Å². The Bertz CT molecular complexity index is 1080. The summed E-state index contributed by atoms with van der Waals surface area (Å²) in [4.78, 5) is 26.9. The van der Waals surface area contributed by atoms with Gasteiger partial charge in [-0.1, -0.05) is 36.4 Å². The molecule has 0 aliphatic rings. The van der Waals surface area contributed by atoms with Crippen molar-refractivity contribution in [2.24, 2.45) is 7.05 Å². The summed E-state index contributed by atoms with van der Waals surface area (Å²) in [5.41, 5.74) is 4.17. The van der Waals surface area contributed by atoms with Crippen LogP contribution in [0.25, 0.3) is 11.4 Å². The second-order valence-corrected chi connectivity index (χ2v) is 6.94. The fourth-order valence-electron chi connectivity index (χ4n) is 3.13. The van der Waals surface area contributed by atoms with Crippen molar-refractivity contribution in [3.63, 3.8) is 0 Å². The van der Waals surface area contributed by atoms with Crippen molar-refractivity contribution in [1.29, 1.82) is 0 Å². The summed E-state index contributed by atoms with van der Waals surface area (Å²) < 4.78 is 1.71. The number of pyridine rings is 1. The maximum absolute atomic E-state index is 13.2. The summed E-state index contributed by atoms with van der Waals surface area (Å²) in [6.45, 7) is 2.75. The number of rotatable bonds is 6. The molecule has 0 saturated carbocycles. The predicted molar refractivity (Wildman–Crippen MR) is 110 cm³/mol. The number of imidazole rings is 1. The van der Waals surface area contributed by atoms with Crippen LogP contribution in [-0.4, -0.2) is 35.5 Å². The second-order valence-electron chi connectivity index (χ2n) is 6.94. The van der Waals surface area contributed by atoms with Crippen molar-refractivity contribution in [1.82, 2.24) is 29.6 Å². The van der Waals surface area contributed by atoms with Gasteiger partial charge in [-0.3, -0.25) is 14.5 Å². The highest BCUT2D eigenvalue weighted by Crippen LogP contribution is 2.18. The molecule has 1 N–H and O–H groups in total. The molecule has 0 saturated heterocycles. The van der Waals surface area contributed by atoms with Gasteiger partial charge in [-0.05, 0) is 24.6 Å². The smallest absolute Gasteiger partial charge is 0.275 e. The quantitative estimate of drug-likeness (QED) is 0.551. The van der Waals surface area contributed by atoms with Gasteiger partial charge >= 0.3 is 0 Å². The van der Waals surface area contributed by atoms with E-state index >= 15 is 0 Å². The lowest BCUT2D eigenvalue weighted by Crippen LogP contribution is -2.30. The molecule has 0 radical (unpaired) electrons. The van der Waals surface area contributed by atoms with Crippen LogP contribution in [0.3, 0.4) is 0 Å². The largest absolute Gasteiger partial charge is 0.340 e. The zero-order valence-corrected chi connectivity index (χ0v) is 16.4. The molecule has 3 heterocycles. The Balaban J connectivity index is 1.60. The molecule has 0 fully saturated rings. The maximum Gasteiger partial charge on any atom is 0.275 e. The van der Waals surface area contributed by atoms with Crippen molar-refractivity contribution in [2.45, 2.75) is 20.0 Å². The molecule has 0 aliphatic heterocycles. The molecule has 0 bridgehead atoms. The number of hydrogen-bond donors (Lipinski definition) is 1. The minimum absolute atomic E-state index is 0.131. The molecule has 0 spiro atoms. The number of aromatic nitrogens is 5. The van der Waals surface area contributed by atoms with Gasteiger partial charge in [-0.25, -0.2) is 4.98 Å². The van der Waals surface area contributed by atoms with E-state index in [1.807, 2.05) is 56.4 Å². The topological polar surface area (TPSA) is 79.7 Å². The van der Waals surface area contributed by atoms with Crippen LogP contribution in [0.1, 0.15) is 27.4 Å². The Morgan fingerprint density at radius 3 is 2.62 bits per heavy atom. The maximum atomic E-state index is 13.2. The molecular weight excluding hydrogens is 364 g/mol. The molecular formula is C22H22N6O. The monoisotopic (exact) mass is 386 g/mol. The molecule has 146 valence electrons. The van der Waals surface area contributed by atoms with Gasteiger partial charge in [-0.2, -0.15) is 5.10 Å². The molecule has 1 amide bonds. The van der Waals surface area contributed by atoms with Crippen molar-refractivity contribution in [3.05, 3.63) is 89.8 Å². The Morgan fingerprint density at radius 2 is 1.93 bits per heavy atom. The molecule has 0 atom stereocenters. The van der Waals surface area contributed by atoms with Crippen LogP contribution in [0.15, 0.2) is 67.1 Å². The molecule has 0 aliphatic carbocycles. The lowest BCUT2D eigenvalue weighted by atomic mass is 10.2. The van der Waals surface area contributed by atoms with Crippen LogP contribution in [0.4, 0.5) is 0 Å². The van der Waals surface area contributed by atoms with Crippen molar-refractivity contribution in [2.75, 3.05) is 0 Å². The lowest BCUT2D eigenvalue weighted by Gasteiger charge is -2.21. The number of carbonyl (C=O) groups is 1. The lowest BCUT2D eigenvalue weighted by molar-refractivity contribution is 0.0721. The molecule has 1 aromatic carbocycles. The summed E-state index contributed by atoms with van der Waals surface area (Å²) >= 11 is 0. The number of nitrogens with one attached hydrogen (secondary N) is 1. The highest BCUT2D eigenvalue weighted by molar-refractivity contribution is 5.92. The Hall–Kier alpha value is -3.74. The van der Waals surface area contributed by atoms with Crippen LogP contribution >= 0.6 is 0 Å². The van der Waals surface area contributed by atoms with E-state index in [0.29, 0.717) is 18.8 Å². The third kappa shape index (κ3) is 4.24. The van der Waals surface area contributed by atoms with E-state index in [2.05, 4.69) is 20.1 Å². The number of benzene rings is 1. The summed E-state index contributed by atoms with van der Waals surface area (Å²) in [5.74, 6) is 0.650. The number of carbonyl (C=O) groups excluding carboxylic acids is 1. The first kappa shape index (κ1) is 18.6. The molecule has 3 aromatic heterocycles. The molecule has 4 rings (SSSR count). The predicted octanol–water partition coefficient (Wildman–Crippen LogP) is 3.36. The average molecular weight is 386 g/mol. The number of amides is 1. The minimum Gasteiger partial charge on any atom is -0.340 e. The summed E-state index contributed by atoms with van der Waals surface area (Å²) in [6.07, 6.45) is 5.26. The molecule has 7 nitrogen and oxygen atoms in total. The Morgan fingerprint density at radius 1 is 1.10 bits per heavy atom. The average Bonchev–Trinajstić information content (AvgIpc) is 3.35. The van der Waals surface area contributed by atoms with E-state index in [-0.39, 0.29) is 5.91 Å². The van der Waals surface area contributed by atoms with Gasteiger partial charge in [0.05, 0.1) is 18.4 Å². The van der Waals surface area contributed by atoms with Crippen molar-refractivity contribution < 1.29 is 4.79 Å². The number of aryl methyl sites for hydroxylation is 2. The van der Waals surface area contributed by atoms with Crippen LogP contribution < -0.4 is 0 Å². The Kier molecular flexibility index (Phi) is 5.20. The van der Waals surface area contributed by atoms with Crippen LogP contribution in [-0.2, 0) is 20.1 Å². The van der Waals surface area contributed by atoms with E-state index in [1.165, 1.54) is 0 Å². The van der Waals surface area contributed by atoms with E-state index in [4.69, 9.17) is 0 Å². The van der Waals surface area contributed by atoms with Gasteiger partial charge < -0.3 is 9.88 Å². The van der Waals surface area contributed by atoms with Gasteiger partial charge in [0, 0.05) is 37.2 Å². The number of nitrogens with zero attached hydrogens (tertiary/aromatic N) is 5. The zero-order chi connectivity index (χ0) is 20.2. The van der Waals surface area contributed by atoms with Crippen LogP contribution in [0.5, 0.6) is 0 Å². The Labute approximate surface area is 169 Å². The standard InChI is InChI=1S/C22H22N6O/c1-16-11-20(26-27(16)2)22(29)28(14-17-7-6-10-23-12-17)15-19-13-24-21(25-19)18-8-4-3-5-9-18/h3-13H,14-15H2,1-2H3,(H,24,25). The fraction of sp³-hybridized carbons (Fsp3) is 0.182. The first-order valence-electron chi connectivity index (χ1n) is 9.38. The summed E-state index contributed by atoms with van der Waals surface area (Å²) in [7, 11) is 1.83. The van der Waals surface area contributed by atoms with E-state index < -0.39 is 0 Å². The zero-order valence-electron chi connectivity index (χ0n) is 16.4. The SMILES string of the molecule is Cc1cc(C(=O)N(Cc2cccnc2)Cc2cnc(-c3ccccc3)[nH]2)nn1C. The number of aromatic amines is 1. The normalized spacial score (nSPS) is 10.8. The third-order valence-electron chi connectivity index (χ3n) is 4.75. The third-order valence-corrected chi connectivity index (χ3v) is 4.75. The van der Waals surface area contributed by atoms with Crippen LogP contribution in [0, 0.1) is 6.92 Å². The van der Waals surface area contributed by atoms with Gasteiger partial charge in [0.25, 0.3) is 5.91 Å². The summed E-state index contributed by atoms with van der Waals surface area (Å²) in [6, 6.07) is 15.5. The number of hydrogen-bond acceptors (Lipinski definition) is 4. The molecule has 7 heteroatoms. The minimum atomic E-state index is -0.131. The van der Waals surface area contributed by atoms with Gasteiger partial charge in [0.1, 0.15) is 5.82 Å². The van der Waals surface area contributed by atoms with Crippen molar-refractivity contribution in [3.8, 4) is 11.4 Å². The highest BCUT2D eigenvalue weighted by atomic mass is 16.2. The molecule has 4 aromatic rings. The highest BCUT2D eigenvalue weighted by Gasteiger charge is 2.21. The van der Waals surface area contributed by atoms with Gasteiger partial charge in [0.15, 0.2) is 5.69 Å². The first-order valence-corrected chi connectivity index (χ1v) is 9.38. The fourth-order valence-corrected chi connectivity index (χ4v) is 3.13. The van der Waals surface area contributed by atoms with Crippen molar-refractivity contribution >= 4 is 5.91 Å². The first-order chi connectivity index (χ1) is 14.1. The van der Waals surface area contributed by atoms with Gasteiger partial charge in [-0.15, -0.1) is 0 Å². The second kappa shape index (κ2) is 8.10. The summed E-state index contributed by atoms with van der Waals surface area (Å²) in [5, 5.41) is 4.35. The number of H-pyrrole nitrogens is 1. The van der Waals surface area contributed by atoms with E-state index in [0.717, 1.165) is 28.3 Å². The van der Waals surface area contributed by atoms with Crippen LogP contribution in [0.2, 0.25) is 0 Å².